The zero-order valence-electron chi connectivity index (χ0n) is 15.5. The van der Waals surface area contributed by atoms with E-state index in [0.29, 0.717) is 6.07 Å². The zero-order chi connectivity index (χ0) is 22.4. The summed E-state index contributed by atoms with van der Waals surface area (Å²) in [6, 6.07) is 5.19. The second-order valence-corrected chi connectivity index (χ2v) is 5.52. The molecule has 30 heavy (non-hydrogen) atoms. The minimum atomic E-state index is -1.34. The Morgan fingerprint density at radius 2 is 1.67 bits per heavy atom. The van der Waals surface area contributed by atoms with Crippen LogP contribution in [-0.2, 0) is 0 Å². The first-order chi connectivity index (χ1) is 14.2. The number of nitro groups is 2. The fraction of sp³-hybridized carbons (Fsp3) is 0.118. The summed E-state index contributed by atoms with van der Waals surface area (Å²) in [5, 5.41) is 34.9. The maximum Gasteiger partial charge on any atom is 0.340 e. The molecule has 0 aliphatic heterocycles. The first-order valence-electron chi connectivity index (χ1n) is 7.95. The Hall–Kier alpha value is -4.55. The van der Waals surface area contributed by atoms with E-state index in [0.717, 1.165) is 18.3 Å². The molecular formula is C17H14N4O9. The monoisotopic (exact) mass is 418 g/mol. The third-order valence-corrected chi connectivity index (χ3v) is 3.75. The van der Waals surface area contributed by atoms with Crippen molar-refractivity contribution in [1.29, 1.82) is 0 Å². The Morgan fingerprint density at radius 3 is 2.13 bits per heavy atom. The van der Waals surface area contributed by atoms with Crippen molar-refractivity contribution in [3.63, 3.8) is 0 Å². The molecule has 0 atom stereocenters. The number of carbonyl (C=O) groups is 2. The molecule has 0 saturated carbocycles. The molecular weight excluding hydrogens is 404 g/mol. The summed E-state index contributed by atoms with van der Waals surface area (Å²) in [5.41, 5.74) is 0.146. The number of aromatic carboxylic acids is 1. The molecule has 0 aromatic heterocycles. The van der Waals surface area contributed by atoms with Crippen LogP contribution in [0.1, 0.15) is 26.3 Å². The molecule has 1 amide bonds. The third kappa shape index (κ3) is 4.64. The number of carboxylic acid groups (broad SMARTS) is 1. The van der Waals surface area contributed by atoms with E-state index in [1.165, 1.54) is 26.4 Å². The second-order valence-electron chi connectivity index (χ2n) is 5.52. The van der Waals surface area contributed by atoms with Gasteiger partial charge in [0.25, 0.3) is 17.3 Å². The van der Waals surface area contributed by atoms with Crippen LogP contribution in [0.3, 0.4) is 0 Å². The van der Waals surface area contributed by atoms with Gasteiger partial charge in [-0.05, 0) is 12.1 Å². The molecule has 2 N–H and O–H groups in total. The Bertz CT molecular complexity index is 1030. The highest BCUT2D eigenvalue weighted by Crippen LogP contribution is 2.32. The standard InChI is InChI=1S/C17H14N4O9/c1-29-13-4-3-9(14(17(23)24)15(13)30-2)8-18-19-16(22)10-5-11(20(25)26)7-12(6-10)21(27)28/h3-8H,1-2H3,(H,19,22)(H,23,24)/b18-8-. The van der Waals surface area contributed by atoms with Gasteiger partial charge in [0, 0.05) is 17.7 Å². The minimum absolute atomic E-state index is 0.0606. The number of non-ortho nitro benzene ring substituents is 2. The first kappa shape index (κ1) is 21.7. The number of nitrogens with one attached hydrogen (secondary N) is 1. The van der Waals surface area contributed by atoms with Crippen molar-refractivity contribution in [2.75, 3.05) is 14.2 Å². The quantitative estimate of drug-likeness (QED) is 0.367. The smallest absolute Gasteiger partial charge is 0.340 e. The number of methoxy groups -OCH3 is 2. The van der Waals surface area contributed by atoms with Gasteiger partial charge in [-0.2, -0.15) is 5.10 Å². The fourth-order valence-electron chi connectivity index (χ4n) is 2.43. The van der Waals surface area contributed by atoms with Gasteiger partial charge >= 0.3 is 5.97 Å². The van der Waals surface area contributed by atoms with E-state index < -0.39 is 33.1 Å². The van der Waals surface area contributed by atoms with Crippen molar-refractivity contribution in [3.8, 4) is 11.5 Å². The van der Waals surface area contributed by atoms with Crippen LogP contribution in [0.4, 0.5) is 11.4 Å². The summed E-state index contributed by atoms with van der Waals surface area (Å²) in [7, 11) is 2.58. The molecule has 0 radical (unpaired) electrons. The van der Waals surface area contributed by atoms with Crippen LogP contribution in [0.25, 0.3) is 0 Å². The molecule has 2 aromatic rings. The van der Waals surface area contributed by atoms with Gasteiger partial charge in [-0.3, -0.25) is 25.0 Å². The Morgan fingerprint density at radius 1 is 1.07 bits per heavy atom. The first-order valence-corrected chi connectivity index (χ1v) is 7.95. The Labute approximate surface area is 167 Å². The lowest BCUT2D eigenvalue weighted by Crippen LogP contribution is -2.18. The minimum Gasteiger partial charge on any atom is -0.493 e. The number of nitro benzene ring substituents is 2. The lowest BCUT2D eigenvalue weighted by atomic mass is 10.1. The maximum absolute atomic E-state index is 12.2. The van der Waals surface area contributed by atoms with E-state index in [-0.39, 0.29) is 28.2 Å². The Kier molecular flexibility index (Phi) is 6.59. The van der Waals surface area contributed by atoms with Gasteiger partial charge in [0.1, 0.15) is 5.56 Å². The number of carboxylic acids is 1. The van der Waals surface area contributed by atoms with Gasteiger partial charge in [-0.25, -0.2) is 10.2 Å². The van der Waals surface area contributed by atoms with Crippen molar-refractivity contribution in [1.82, 2.24) is 5.43 Å². The summed E-state index contributed by atoms with van der Waals surface area (Å²) in [4.78, 5) is 43.8. The number of carbonyl (C=O) groups excluding carboxylic acids is 1. The maximum atomic E-state index is 12.2. The van der Waals surface area contributed by atoms with E-state index >= 15 is 0 Å². The number of nitrogens with zero attached hydrogens (tertiary/aromatic N) is 3. The van der Waals surface area contributed by atoms with E-state index in [1.54, 1.807) is 0 Å². The number of hydrogen-bond acceptors (Lipinski definition) is 9. The molecule has 13 heteroatoms. The largest absolute Gasteiger partial charge is 0.493 e. The normalized spacial score (nSPS) is 10.5. The van der Waals surface area contributed by atoms with Gasteiger partial charge in [0.05, 0.1) is 41.9 Å². The average Bonchev–Trinajstić information content (AvgIpc) is 2.72. The van der Waals surface area contributed by atoms with Crippen LogP contribution in [0.15, 0.2) is 35.4 Å². The van der Waals surface area contributed by atoms with Crippen molar-refractivity contribution in [2.24, 2.45) is 5.10 Å². The number of hydrogen-bond donors (Lipinski definition) is 2. The molecule has 13 nitrogen and oxygen atoms in total. The van der Waals surface area contributed by atoms with E-state index in [4.69, 9.17) is 9.47 Å². The highest BCUT2D eigenvalue weighted by molar-refractivity contribution is 6.02. The van der Waals surface area contributed by atoms with Crippen LogP contribution in [0.5, 0.6) is 11.5 Å². The van der Waals surface area contributed by atoms with Crippen molar-refractivity contribution in [3.05, 3.63) is 67.3 Å². The highest BCUT2D eigenvalue weighted by atomic mass is 16.6. The van der Waals surface area contributed by atoms with Gasteiger partial charge in [-0.1, -0.05) is 0 Å². The summed E-state index contributed by atoms with van der Waals surface area (Å²) >= 11 is 0. The zero-order valence-corrected chi connectivity index (χ0v) is 15.5. The summed E-state index contributed by atoms with van der Waals surface area (Å²) < 4.78 is 10.1. The van der Waals surface area contributed by atoms with Crippen LogP contribution in [-0.4, -0.2) is 47.3 Å². The molecule has 2 rings (SSSR count). The number of amides is 1. The average molecular weight is 418 g/mol. The van der Waals surface area contributed by atoms with Gasteiger partial charge in [0.2, 0.25) is 0 Å². The molecule has 0 saturated heterocycles. The predicted molar refractivity (Wildman–Crippen MR) is 101 cm³/mol. The lowest BCUT2D eigenvalue weighted by molar-refractivity contribution is -0.394. The summed E-state index contributed by atoms with van der Waals surface area (Å²) in [5.74, 6) is -2.21. The van der Waals surface area contributed by atoms with Crippen LogP contribution in [0, 0.1) is 20.2 Å². The van der Waals surface area contributed by atoms with Gasteiger partial charge in [-0.15, -0.1) is 0 Å². The molecule has 0 aliphatic rings. The molecule has 0 heterocycles. The van der Waals surface area contributed by atoms with Crippen LogP contribution < -0.4 is 14.9 Å². The molecule has 0 aliphatic carbocycles. The SMILES string of the molecule is COc1ccc(/C=N\NC(=O)c2cc([N+](=O)[O-])cc([N+](=O)[O-])c2)c(C(=O)O)c1OC. The van der Waals surface area contributed by atoms with Crippen LogP contribution >= 0.6 is 0 Å². The van der Waals surface area contributed by atoms with E-state index in [2.05, 4.69) is 5.10 Å². The number of ether oxygens (including phenoxy) is 2. The molecule has 156 valence electrons. The molecule has 0 bridgehead atoms. The van der Waals surface area contributed by atoms with Crippen molar-refractivity contribution < 1.29 is 34.0 Å². The second kappa shape index (κ2) is 9.09. The van der Waals surface area contributed by atoms with Crippen LogP contribution in [0.2, 0.25) is 0 Å². The summed E-state index contributed by atoms with van der Waals surface area (Å²) in [6.45, 7) is 0. The lowest BCUT2D eigenvalue weighted by Gasteiger charge is -2.12. The topological polar surface area (TPSA) is 183 Å². The predicted octanol–water partition coefficient (Wildman–Crippen LogP) is 1.98. The molecule has 2 aromatic carbocycles. The van der Waals surface area contributed by atoms with E-state index in [1.807, 2.05) is 5.43 Å². The fourth-order valence-corrected chi connectivity index (χ4v) is 2.43. The van der Waals surface area contributed by atoms with Gasteiger partial charge in [0.15, 0.2) is 11.5 Å². The van der Waals surface area contributed by atoms with Crippen molar-refractivity contribution in [2.45, 2.75) is 0 Å². The third-order valence-electron chi connectivity index (χ3n) is 3.75. The molecule has 0 spiro atoms. The van der Waals surface area contributed by atoms with Gasteiger partial charge < -0.3 is 14.6 Å². The summed E-state index contributed by atoms with van der Waals surface area (Å²) in [6.07, 6.45) is 1.01. The highest BCUT2D eigenvalue weighted by Gasteiger charge is 2.21. The number of rotatable bonds is 8. The number of benzene rings is 2. The molecule has 0 fully saturated rings. The number of hydrazone groups is 1. The van der Waals surface area contributed by atoms with Crippen molar-refractivity contribution >= 4 is 29.5 Å². The Balaban J connectivity index is 2.34. The molecule has 0 unspecified atom stereocenters. The van der Waals surface area contributed by atoms with E-state index in [9.17, 15) is 34.9 Å².